The van der Waals surface area contributed by atoms with Gasteiger partial charge in [-0.25, -0.2) is 0 Å². The van der Waals surface area contributed by atoms with Crippen LogP contribution < -0.4 is 5.11 Å². The van der Waals surface area contributed by atoms with Crippen LogP contribution >= 0.6 is 15.9 Å². The van der Waals surface area contributed by atoms with E-state index in [1.807, 2.05) is 0 Å². The summed E-state index contributed by atoms with van der Waals surface area (Å²) in [5, 5.41) is 11.2. The van der Waals surface area contributed by atoms with Crippen LogP contribution in [-0.4, -0.2) is 5.97 Å². The van der Waals surface area contributed by atoms with Gasteiger partial charge in [-0.15, -0.1) is 0 Å². The third-order valence-corrected chi connectivity index (χ3v) is 2.17. The summed E-state index contributed by atoms with van der Waals surface area (Å²) in [6.07, 6.45) is 0. The quantitative estimate of drug-likeness (QED) is 0.759. The van der Waals surface area contributed by atoms with E-state index in [-0.39, 0.29) is 5.76 Å². The van der Waals surface area contributed by atoms with E-state index in [1.54, 1.807) is 18.2 Å². The average Bonchev–Trinajstić information content (AvgIpc) is 2.46. The number of carbonyl (C=O) groups is 1. The highest BCUT2D eigenvalue weighted by molar-refractivity contribution is 9.10. The van der Waals surface area contributed by atoms with E-state index in [0.29, 0.717) is 5.58 Å². The number of carbonyl (C=O) groups excluding carboxylic acids is 1. The van der Waals surface area contributed by atoms with Gasteiger partial charge in [-0.3, -0.25) is 0 Å². The number of benzene rings is 1. The molecule has 2 rings (SSSR count). The van der Waals surface area contributed by atoms with Gasteiger partial charge in [0.05, 0.1) is 0 Å². The highest BCUT2D eigenvalue weighted by Gasteiger charge is 2.03. The van der Waals surface area contributed by atoms with Crippen LogP contribution in [0.2, 0.25) is 0 Å². The van der Waals surface area contributed by atoms with E-state index in [4.69, 9.17) is 4.42 Å². The molecule has 0 bridgehead atoms. The zero-order chi connectivity index (χ0) is 9.42. The molecule has 0 aliphatic heterocycles. The number of hydrogen-bond donors (Lipinski definition) is 0. The minimum absolute atomic E-state index is 0.145. The fourth-order valence-corrected chi connectivity index (χ4v) is 1.49. The van der Waals surface area contributed by atoms with Crippen LogP contribution in [0, 0.1) is 0 Å². The van der Waals surface area contributed by atoms with Crippen LogP contribution in [0.3, 0.4) is 0 Å². The van der Waals surface area contributed by atoms with Gasteiger partial charge in [0.25, 0.3) is 0 Å². The van der Waals surface area contributed by atoms with E-state index in [9.17, 15) is 9.90 Å². The number of furan rings is 1. The number of carboxylic acid groups (broad SMARTS) is 1. The number of fused-ring (bicyclic) bond motifs is 1. The fourth-order valence-electron chi connectivity index (χ4n) is 1.11. The Labute approximate surface area is 82.1 Å². The summed E-state index contributed by atoms with van der Waals surface area (Å²) in [7, 11) is 0. The first kappa shape index (κ1) is 8.31. The Morgan fingerprint density at radius 1 is 1.38 bits per heavy atom. The number of halogens is 1. The molecule has 0 saturated carbocycles. The van der Waals surface area contributed by atoms with E-state index in [1.165, 1.54) is 6.07 Å². The minimum atomic E-state index is -1.30. The monoisotopic (exact) mass is 239 g/mol. The lowest BCUT2D eigenvalue weighted by Gasteiger charge is -1.92. The Balaban J connectivity index is 2.68. The molecule has 1 aromatic heterocycles. The SMILES string of the molecule is O=C([O-])c1cc2cc(Br)ccc2o1. The highest BCUT2D eigenvalue weighted by Crippen LogP contribution is 2.22. The number of rotatable bonds is 1. The van der Waals surface area contributed by atoms with Crippen molar-refractivity contribution in [2.45, 2.75) is 0 Å². The van der Waals surface area contributed by atoms with Gasteiger partial charge in [-0.05, 0) is 24.3 Å². The average molecular weight is 240 g/mol. The Bertz CT molecular complexity index is 473. The van der Waals surface area contributed by atoms with Gasteiger partial charge in [0, 0.05) is 9.86 Å². The van der Waals surface area contributed by atoms with E-state index in [0.717, 1.165) is 9.86 Å². The molecule has 0 atom stereocenters. The molecule has 3 nitrogen and oxygen atoms in total. The molecule has 2 aromatic rings. The summed E-state index contributed by atoms with van der Waals surface area (Å²) in [4.78, 5) is 10.4. The maximum absolute atomic E-state index is 10.4. The lowest BCUT2D eigenvalue weighted by Crippen LogP contribution is -2.21. The van der Waals surface area contributed by atoms with Gasteiger partial charge in [0.15, 0.2) is 5.76 Å². The van der Waals surface area contributed by atoms with Gasteiger partial charge >= 0.3 is 0 Å². The first-order chi connectivity index (χ1) is 6.16. The molecule has 0 radical (unpaired) electrons. The molecule has 0 N–H and O–H groups in total. The maximum Gasteiger partial charge on any atom is 0.150 e. The van der Waals surface area contributed by atoms with Crippen molar-refractivity contribution in [2.75, 3.05) is 0 Å². The van der Waals surface area contributed by atoms with Crippen LogP contribution in [0.4, 0.5) is 0 Å². The summed E-state index contributed by atoms with van der Waals surface area (Å²) in [5.74, 6) is -1.44. The molecule has 0 amide bonds. The number of carboxylic acids is 1. The van der Waals surface area contributed by atoms with Crippen molar-refractivity contribution in [3.63, 3.8) is 0 Å². The molecule has 0 aliphatic rings. The van der Waals surface area contributed by atoms with Gasteiger partial charge in [0.2, 0.25) is 0 Å². The van der Waals surface area contributed by atoms with Gasteiger partial charge in [-0.1, -0.05) is 15.9 Å². The van der Waals surface area contributed by atoms with Crippen LogP contribution in [-0.2, 0) is 0 Å². The normalized spacial score (nSPS) is 10.5. The van der Waals surface area contributed by atoms with Crippen LogP contribution in [0.5, 0.6) is 0 Å². The minimum Gasteiger partial charge on any atom is -0.542 e. The van der Waals surface area contributed by atoms with Crippen molar-refractivity contribution >= 4 is 32.9 Å². The van der Waals surface area contributed by atoms with Crippen molar-refractivity contribution in [3.05, 3.63) is 34.5 Å². The summed E-state index contributed by atoms with van der Waals surface area (Å²) in [6.45, 7) is 0. The molecule has 0 aliphatic carbocycles. The van der Waals surface area contributed by atoms with E-state index in [2.05, 4.69) is 15.9 Å². The smallest absolute Gasteiger partial charge is 0.150 e. The zero-order valence-corrected chi connectivity index (χ0v) is 8.00. The van der Waals surface area contributed by atoms with Crippen molar-refractivity contribution in [1.82, 2.24) is 0 Å². The third kappa shape index (κ3) is 1.45. The second-order valence-corrected chi connectivity index (χ2v) is 3.50. The fraction of sp³-hybridized carbons (Fsp3) is 0. The first-order valence-corrected chi connectivity index (χ1v) is 4.36. The topological polar surface area (TPSA) is 53.3 Å². The second kappa shape index (κ2) is 2.88. The molecule has 0 saturated heterocycles. The Kier molecular flexibility index (Phi) is 1.84. The van der Waals surface area contributed by atoms with Gasteiger partial charge in [-0.2, -0.15) is 0 Å². The second-order valence-electron chi connectivity index (χ2n) is 2.58. The molecule has 4 heteroatoms. The Morgan fingerprint density at radius 2 is 2.15 bits per heavy atom. The van der Waals surface area contributed by atoms with Crippen LogP contribution in [0.15, 0.2) is 33.2 Å². The molecule has 66 valence electrons. The van der Waals surface area contributed by atoms with Gasteiger partial charge < -0.3 is 14.3 Å². The molecular weight excluding hydrogens is 236 g/mol. The molecular formula is C9H4BrO3-. The maximum atomic E-state index is 10.4. The molecule has 0 unspecified atom stereocenters. The molecule has 1 aromatic carbocycles. The van der Waals surface area contributed by atoms with Gasteiger partial charge in [0.1, 0.15) is 11.6 Å². The molecule has 13 heavy (non-hydrogen) atoms. The predicted molar refractivity (Wildman–Crippen MR) is 48.2 cm³/mol. The van der Waals surface area contributed by atoms with Crippen molar-refractivity contribution in [1.29, 1.82) is 0 Å². The summed E-state index contributed by atoms with van der Waals surface area (Å²) in [5.41, 5.74) is 0.544. The van der Waals surface area contributed by atoms with E-state index >= 15 is 0 Å². The molecule has 0 fully saturated rings. The highest BCUT2D eigenvalue weighted by atomic mass is 79.9. The lowest BCUT2D eigenvalue weighted by atomic mass is 10.2. The van der Waals surface area contributed by atoms with Crippen molar-refractivity contribution in [2.24, 2.45) is 0 Å². The first-order valence-electron chi connectivity index (χ1n) is 3.57. The van der Waals surface area contributed by atoms with Crippen LogP contribution in [0.25, 0.3) is 11.0 Å². The zero-order valence-electron chi connectivity index (χ0n) is 6.41. The third-order valence-electron chi connectivity index (χ3n) is 1.68. The predicted octanol–water partition coefficient (Wildman–Crippen LogP) is 1.56. The molecule has 0 spiro atoms. The summed E-state index contributed by atoms with van der Waals surface area (Å²) in [6, 6.07) is 6.71. The largest absolute Gasteiger partial charge is 0.542 e. The molecule has 1 heterocycles. The Hall–Kier alpha value is -1.29. The van der Waals surface area contributed by atoms with E-state index < -0.39 is 5.97 Å². The lowest BCUT2D eigenvalue weighted by molar-refractivity contribution is -0.256. The number of hydrogen-bond acceptors (Lipinski definition) is 3. The standard InChI is InChI=1S/C9H5BrO3/c10-6-1-2-7-5(3-6)4-8(13-7)9(11)12/h1-4H,(H,11,12)/p-1. The van der Waals surface area contributed by atoms with Crippen molar-refractivity contribution in [3.8, 4) is 0 Å². The summed E-state index contributed by atoms with van der Waals surface area (Å²) < 4.78 is 5.88. The van der Waals surface area contributed by atoms with Crippen molar-refractivity contribution < 1.29 is 14.3 Å². The summed E-state index contributed by atoms with van der Waals surface area (Å²) >= 11 is 3.27. The van der Waals surface area contributed by atoms with Crippen LogP contribution in [0.1, 0.15) is 10.6 Å². The Morgan fingerprint density at radius 3 is 2.85 bits per heavy atom. The number of aromatic carboxylic acids is 1.